The van der Waals surface area contributed by atoms with Gasteiger partial charge in [0.2, 0.25) is 5.91 Å². The van der Waals surface area contributed by atoms with Crippen molar-refractivity contribution in [1.82, 2.24) is 4.90 Å². The summed E-state index contributed by atoms with van der Waals surface area (Å²) in [4.78, 5) is 16.2. The molecule has 0 atom stereocenters. The molecule has 0 radical (unpaired) electrons. The normalized spacial score (nSPS) is 14.2. The summed E-state index contributed by atoms with van der Waals surface area (Å²) < 4.78 is 93.2. The number of carbonyl (C=O) groups is 1. The number of alkyl halides is 3. The van der Waals surface area contributed by atoms with Crippen LogP contribution < -0.4 is 18.7 Å². The molecule has 0 aliphatic carbocycles. The average Bonchev–Trinajstić information content (AvgIpc) is 2.95. The number of piperazine rings is 1. The third-order valence-electron chi connectivity index (χ3n) is 6.51. The number of benzene rings is 3. The maximum absolute atomic E-state index is 14.2. The van der Waals surface area contributed by atoms with Gasteiger partial charge in [-0.05, 0) is 42.5 Å². The summed E-state index contributed by atoms with van der Waals surface area (Å²) in [5.41, 5.74) is -1.01. The first-order valence-electron chi connectivity index (χ1n) is 12.1. The predicted octanol–water partition coefficient (Wildman–Crippen LogP) is 4.41. The molecule has 1 fully saturated rings. The van der Waals surface area contributed by atoms with Crippen LogP contribution in [0.3, 0.4) is 0 Å². The van der Waals surface area contributed by atoms with Crippen molar-refractivity contribution in [2.24, 2.45) is 0 Å². The van der Waals surface area contributed by atoms with Crippen LogP contribution in [-0.2, 0) is 21.0 Å². The van der Waals surface area contributed by atoms with Crippen molar-refractivity contribution >= 4 is 27.3 Å². The van der Waals surface area contributed by atoms with E-state index in [4.69, 9.17) is 9.47 Å². The Hall–Kier alpha value is -4.00. The van der Waals surface area contributed by atoms with Crippen LogP contribution in [0.4, 0.5) is 28.9 Å². The number of halogens is 4. The summed E-state index contributed by atoms with van der Waals surface area (Å²) in [7, 11) is -1.87. The van der Waals surface area contributed by atoms with E-state index in [9.17, 15) is 30.8 Å². The van der Waals surface area contributed by atoms with Crippen molar-refractivity contribution < 1.29 is 40.2 Å². The first kappa shape index (κ1) is 29.0. The van der Waals surface area contributed by atoms with Gasteiger partial charge >= 0.3 is 6.18 Å². The van der Waals surface area contributed by atoms with Crippen LogP contribution in [0.5, 0.6) is 11.5 Å². The van der Waals surface area contributed by atoms with E-state index in [1.807, 2.05) is 0 Å². The Morgan fingerprint density at radius 1 is 0.900 bits per heavy atom. The highest BCUT2D eigenvalue weighted by molar-refractivity contribution is 7.92. The van der Waals surface area contributed by atoms with E-state index in [1.54, 1.807) is 23.1 Å². The van der Waals surface area contributed by atoms with Crippen LogP contribution in [0, 0.1) is 5.82 Å². The Kier molecular flexibility index (Phi) is 8.43. The van der Waals surface area contributed by atoms with Gasteiger partial charge in [0.15, 0.2) is 11.5 Å². The largest absolute Gasteiger partial charge is 0.493 e. The van der Waals surface area contributed by atoms with E-state index >= 15 is 0 Å². The lowest BCUT2D eigenvalue weighted by molar-refractivity contribution is -0.137. The molecule has 40 heavy (non-hydrogen) atoms. The zero-order chi connectivity index (χ0) is 29.1. The van der Waals surface area contributed by atoms with Crippen LogP contribution in [0.2, 0.25) is 0 Å². The summed E-state index contributed by atoms with van der Waals surface area (Å²) in [6, 6.07) is 13.7. The zero-order valence-corrected chi connectivity index (χ0v) is 22.5. The second-order valence-electron chi connectivity index (χ2n) is 8.90. The molecule has 13 heteroatoms. The first-order valence-corrected chi connectivity index (χ1v) is 13.6. The van der Waals surface area contributed by atoms with Gasteiger partial charge in [-0.25, -0.2) is 12.8 Å². The third kappa shape index (κ3) is 6.09. The number of hydrogen-bond donors (Lipinski definition) is 0. The minimum absolute atomic E-state index is 0.0863. The number of carbonyl (C=O) groups excluding carboxylic acids is 1. The first-order chi connectivity index (χ1) is 19.0. The molecule has 3 aromatic rings. The summed E-state index contributed by atoms with van der Waals surface area (Å²) >= 11 is 0. The van der Waals surface area contributed by atoms with E-state index in [0.29, 0.717) is 29.1 Å². The molecular formula is C27H27F4N3O5S. The highest BCUT2D eigenvalue weighted by Crippen LogP contribution is 2.35. The smallest absolute Gasteiger partial charge is 0.416 e. The maximum Gasteiger partial charge on any atom is 0.416 e. The molecule has 1 aliphatic rings. The summed E-state index contributed by atoms with van der Waals surface area (Å²) in [6.45, 7) is 0.162. The van der Waals surface area contributed by atoms with Crippen LogP contribution in [-0.4, -0.2) is 66.2 Å². The van der Waals surface area contributed by atoms with E-state index in [2.05, 4.69) is 0 Å². The van der Waals surface area contributed by atoms with Gasteiger partial charge in [0.1, 0.15) is 12.4 Å². The molecule has 214 valence electrons. The lowest BCUT2D eigenvalue weighted by Gasteiger charge is -2.37. The molecule has 1 amide bonds. The number of rotatable bonds is 8. The number of nitrogens with zero attached hydrogens (tertiary/aromatic N) is 3. The van der Waals surface area contributed by atoms with Gasteiger partial charge in [0, 0.05) is 32.2 Å². The van der Waals surface area contributed by atoms with Crippen LogP contribution in [0.15, 0.2) is 71.6 Å². The highest BCUT2D eigenvalue weighted by Gasteiger charge is 2.35. The summed E-state index contributed by atoms with van der Waals surface area (Å²) in [5.74, 6) is -0.687. The van der Waals surface area contributed by atoms with Crippen molar-refractivity contribution in [3.05, 3.63) is 78.1 Å². The van der Waals surface area contributed by atoms with Crippen molar-refractivity contribution in [1.29, 1.82) is 0 Å². The summed E-state index contributed by atoms with van der Waals surface area (Å²) in [6.07, 6.45) is -4.73. The fourth-order valence-corrected chi connectivity index (χ4v) is 5.81. The molecule has 3 aromatic carbocycles. The van der Waals surface area contributed by atoms with E-state index in [0.717, 1.165) is 12.1 Å². The second-order valence-corrected chi connectivity index (χ2v) is 10.8. The fraction of sp³-hybridized carbons (Fsp3) is 0.296. The Morgan fingerprint density at radius 2 is 1.57 bits per heavy atom. The second kappa shape index (κ2) is 11.6. The number of hydrogen-bond acceptors (Lipinski definition) is 6. The maximum atomic E-state index is 14.2. The van der Waals surface area contributed by atoms with Crippen LogP contribution in [0.25, 0.3) is 0 Å². The molecule has 0 aromatic heterocycles. The minimum Gasteiger partial charge on any atom is -0.493 e. The van der Waals surface area contributed by atoms with Gasteiger partial charge in [-0.3, -0.25) is 9.10 Å². The molecule has 0 bridgehead atoms. The topological polar surface area (TPSA) is 79.4 Å². The van der Waals surface area contributed by atoms with Crippen molar-refractivity contribution in [2.75, 3.05) is 56.1 Å². The lowest BCUT2D eigenvalue weighted by atomic mass is 10.2. The van der Waals surface area contributed by atoms with Gasteiger partial charge in [0.25, 0.3) is 10.0 Å². The number of para-hydroxylation sites is 1. The van der Waals surface area contributed by atoms with Gasteiger partial charge < -0.3 is 19.3 Å². The number of sulfonamides is 1. The van der Waals surface area contributed by atoms with E-state index < -0.39 is 40.0 Å². The molecule has 0 saturated carbocycles. The van der Waals surface area contributed by atoms with Crippen molar-refractivity contribution in [3.8, 4) is 11.5 Å². The standard InChI is InChI=1S/C27H27F4N3O5S/c1-38-24-11-10-21(17-25(24)39-2)40(36,37)34(20-7-5-6-19(16-20)27(29,30)31)18-26(35)33-14-12-32(13-15-33)23-9-4-3-8-22(23)28/h3-11,16-17H,12-15,18H2,1-2H3. The fourth-order valence-electron chi connectivity index (χ4n) is 4.38. The quantitative estimate of drug-likeness (QED) is 0.367. The van der Waals surface area contributed by atoms with Crippen LogP contribution in [0.1, 0.15) is 5.56 Å². The summed E-state index contributed by atoms with van der Waals surface area (Å²) in [5, 5.41) is 0. The number of amides is 1. The molecule has 1 heterocycles. The predicted molar refractivity (Wildman–Crippen MR) is 141 cm³/mol. The Balaban J connectivity index is 1.64. The molecule has 1 saturated heterocycles. The molecule has 1 aliphatic heterocycles. The minimum atomic E-state index is -4.73. The van der Waals surface area contributed by atoms with Crippen molar-refractivity contribution in [2.45, 2.75) is 11.1 Å². The Morgan fingerprint density at radius 3 is 2.20 bits per heavy atom. The Labute approximate surface area is 229 Å². The van der Waals surface area contributed by atoms with Gasteiger partial charge in [-0.15, -0.1) is 0 Å². The monoisotopic (exact) mass is 581 g/mol. The number of ether oxygens (including phenoxy) is 2. The molecule has 4 rings (SSSR count). The molecular weight excluding hydrogens is 554 g/mol. The van der Waals surface area contributed by atoms with Gasteiger partial charge in [-0.1, -0.05) is 18.2 Å². The molecule has 8 nitrogen and oxygen atoms in total. The number of anilines is 2. The highest BCUT2D eigenvalue weighted by atomic mass is 32.2. The third-order valence-corrected chi connectivity index (χ3v) is 8.28. The molecule has 0 N–H and O–H groups in total. The molecule has 0 unspecified atom stereocenters. The lowest BCUT2D eigenvalue weighted by Crippen LogP contribution is -2.52. The van der Waals surface area contributed by atoms with E-state index in [1.165, 1.54) is 49.5 Å². The molecule has 0 spiro atoms. The van der Waals surface area contributed by atoms with E-state index in [-0.39, 0.29) is 35.2 Å². The average molecular weight is 582 g/mol. The SMILES string of the molecule is COc1ccc(S(=O)(=O)N(CC(=O)N2CCN(c3ccccc3F)CC2)c2cccc(C(F)(F)F)c2)cc1OC. The number of methoxy groups -OCH3 is 2. The van der Waals surface area contributed by atoms with Gasteiger partial charge in [-0.2, -0.15) is 13.2 Å². The van der Waals surface area contributed by atoms with Gasteiger partial charge in [0.05, 0.1) is 36.1 Å². The zero-order valence-electron chi connectivity index (χ0n) is 21.7. The van der Waals surface area contributed by atoms with Crippen LogP contribution >= 0.6 is 0 Å². The Bertz CT molecular complexity index is 1470. The van der Waals surface area contributed by atoms with Crippen molar-refractivity contribution in [3.63, 3.8) is 0 Å².